The maximum atomic E-state index is 12.1. The number of halogens is 4. The van der Waals surface area contributed by atoms with Gasteiger partial charge in [0.25, 0.3) is 0 Å². The number of rotatable bonds is 3. The van der Waals surface area contributed by atoms with E-state index in [-0.39, 0.29) is 6.61 Å². The van der Waals surface area contributed by atoms with Crippen LogP contribution in [0.5, 0.6) is 0 Å². The second-order valence-corrected chi connectivity index (χ2v) is 2.71. The third-order valence-corrected chi connectivity index (χ3v) is 1.68. The molecule has 0 atom stereocenters. The molecule has 2 radical (unpaired) electrons. The molecule has 0 aliphatic rings. The molecule has 0 aromatic heterocycles. The smallest absolute Gasteiger partial charge is 0.347 e. The Morgan fingerprint density at radius 3 is 2.21 bits per heavy atom. The number of alkyl halides is 3. The van der Waals surface area contributed by atoms with Gasteiger partial charge in [-0.15, -0.1) is 0 Å². The molecule has 0 heterocycles. The zero-order valence-corrected chi connectivity index (χ0v) is 7.69. The molecule has 14 heavy (non-hydrogen) atoms. The third kappa shape index (κ3) is 3.20. The first-order valence-corrected chi connectivity index (χ1v) is 4.05. The van der Waals surface area contributed by atoms with Gasteiger partial charge in [0.2, 0.25) is 6.07 Å². The largest absolute Gasteiger partial charge is 0.416 e. The Labute approximate surface area is 84.4 Å². The highest BCUT2D eigenvalue weighted by atomic mass is 35.5. The van der Waals surface area contributed by atoms with Crippen LogP contribution in [0, 0.1) is 6.07 Å². The minimum atomic E-state index is -4.30. The summed E-state index contributed by atoms with van der Waals surface area (Å²) >= 11 is 5.00. The Morgan fingerprint density at radius 2 is 1.79 bits per heavy atom. The van der Waals surface area contributed by atoms with Gasteiger partial charge in [-0.1, -0.05) is 23.7 Å². The van der Waals surface area contributed by atoms with Crippen LogP contribution < -0.4 is 0 Å². The van der Waals surface area contributed by atoms with Gasteiger partial charge in [-0.2, -0.15) is 13.2 Å². The van der Waals surface area contributed by atoms with Crippen molar-refractivity contribution in [2.75, 3.05) is 0 Å². The summed E-state index contributed by atoms with van der Waals surface area (Å²) in [5.41, 5.74) is -0.0776. The van der Waals surface area contributed by atoms with Crippen LogP contribution in [0.15, 0.2) is 24.3 Å². The van der Waals surface area contributed by atoms with E-state index < -0.39 is 11.7 Å². The second-order valence-electron chi connectivity index (χ2n) is 2.56. The Balaban J connectivity index is 2.69. The summed E-state index contributed by atoms with van der Waals surface area (Å²) in [7, 11) is 0. The lowest BCUT2D eigenvalue weighted by molar-refractivity contribution is -0.137. The molecule has 0 amide bonds. The van der Waals surface area contributed by atoms with E-state index in [2.05, 4.69) is 4.74 Å². The van der Waals surface area contributed by atoms with Crippen LogP contribution in [0.3, 0.4) is 0 Å². The first kappa shape index (κ1) is 11.3. The number of hydrogen-bond acceptors (Lipinski definition) is 1. The zero-order chi connectivity index (χ0) is 10.6. The molecule has 1 nitrogen and oxygen atoms in total. The van der Waals surface area contributed by atoms with Gasteiger partial charge in [0.15, 0.2) is 0 Å². The van der Waals surface area contributed by atoms with Gasteiger partial charge in [0, 0.05) is 0 Å². The van der Waals surface area contributed by atoms with E-state index >= 15 is 0 Å². The minimum absolute atomic E-state index is 0.113. The van der Waals surface area contributed by atoms with Gasteiger partial charge in [-0.05, 0) is 17.7 Å². The lowest BCUT2D eigenvalue weighted by atomic mass is 10.1. The van der Waals surface area contributed by atoms with Crippen molar-refractivity contribution in [1.29, 1.82) is 0 Å². The van der Waals surface area contributed by atoms with Crippen molar-refractivity contribution in [3.8, 4) is 0 Å². The molecule has 0 saturated heterocycles. The van der Waals surface area contributed by atoms with Crippen molar-refractivity contribution in [2.24, 2.45) is 0 Å². The maximum absolute atomic E-state index is 12.1. The summed E-state index contributed by atoms with van der Waals surface area (Å²) in [5.74, 6) is 0. The van der Waals surface area contributed by atoms with Crippen molar-refractivity contribution in [3.05, 3.63) is 41.5 Å². The standard InChI is InChI=1S/C9H6ClF3O/c10-6-14-5-7-1-3-8(4-2-7)9(11,12)13/h1-4H,5H2. The Hall–Kier alpha value is -0.740. The summed E-state index contributed by atoms with van der Waals surface area (Å²) in [5, 5.41) is 0. The SMILES string of the molecule is FC(F)(F)c1ccc(CO[C]Cl)cc1. The van der Waals surface area contributed by atoms with Gasteiger partial charge in [-0.3, -0.25) is 0 Å². The maximum Gasteiger partial charge on any atom is 0.416 e. The molecule has 0 aliphatic heterocycles. The number of ether oxygens (including phenoxy) is 1. The molecule has 0 aliphatic carbocycles. The highest BCUT2D eigenvalue weighted by molar-refractivity contribution is 6.21. The highest BCUT2D eigenvalue weighted by Gasteiger charge is 2.29. The van der Waals surface area contributed by atoms with E-state index in [0.29, 0.717) is 5.56 Å². The zero-order valence-electron chi connectivity index (χ0n) is 6.94. The summed E-state index contributed by atoms with van der Waals surface area (Å²) in [4.78, 5) is 0. The topological polar surface area (TPSA) is 9.23 Å². The van der Waals surface area contributed by atoms with Gasteiger partial charge in [0.05, 0.1) is 12.2 Å². The lowest BCUT2D eigenvalue weighted by Crippen LogP contribution is -2.04. The Kier molecular flexibility index (Phi) is 3.77. The molecule has 0 unspecified atom stereocenters. The van der Waals surface area contributed by atoms with Crippen LogP contribution in [-0.4, -0.2) is 0 Å². The van der Waals surface area contributed by atoms with Crippen LogP contribution in [0.25, 0.3) is 0 Å². The van der Waals surface area contributed by atoms with Crippen molar-refractivity contribution in [1.82, 2.24) is 0 Å². The average molecular weight is 223 g/mol. The van der Waals surface area contributed by atoms with Crippen molar-refractivity contribution in [3.63, 3.8) is 0 Å². The van der Waals surface area contributed by atoms with Crippen molar-refractivity contribution >= 4 is 11.6 Å². The molecule has 1 aromatic rings. The van der Waals surface area contributed by atoms with E-state index in [1.165, 1.54) is 12.1 Å². The molecule has 5 heteroatoms. The predicted molar refractivity (Wildman–Crippen MR) is 45.3 cm³/mol. The molecule has 0 fully saturated rings. The summed E-state index contributed by atoms with van der Waals surface area (Å²) in [6.07, 6.45) is -4.30. The van der Waals surface area contributed by atoms with Crippen LogP contribution in [0.1, 0.15) is 11.1 Å². The van der Waals surface area contributed by atoms with E-state index in [0.717, 1.165) is 12.1 Å². The van der Waals surface area contributed by atoms with Gasteiger partial charge >= 0.3 is 6.18 Å². The molecule has 76 valence electrons. The molecule has 0 saturated carbocycles. The van der Waals surface area contributed by atoms with E-state index in [9.17, 15) is 13.2 Å². The first-order chi connectivity index (χ1) is 6.54. The van der Waals surface area contributed by atoms with Crippen LogP contribution in [0.4, 0.5) is 13.2 Å². The normalized spacial score (nSPS) is 11.7. The van der Waals surface area contributed by atoms with E-state index in [1.807, 2.05) is 6.07 Å². The summed E-state index contributed by atoms with van der Waals surface area (Å²) in [6, 6.07) is 6.56. The fraction of sp³-hybridized carbons (Fsp3) is 0.222. The Morgan fingerprint density at radius 1 is 1.21 bits per heavy atom. The molecule has 0 spiro atoms. The fourth-order valence-corrected chi connectivity index (χ4v) is 0.955. The molecular weight excluding hydrogens is 217 g/mol. The Bertz CT molecular complexity index is 281. The van der Waals surface area contributed by atoms with Crippen molar-refractivity contribution < 1.29 is 17.9 Å². The third-order valence-electron chi connectivity index (χ3n) is 1.57. The van der Waals surface area contributed by atoms with E-state index in [4.69, 9.17) is 11.6 Å². The van der Waals surface area contributed by atoms with Gasteiger partial charge < -0.3 is 4.74 Å². The molecule has 0 bridgehead atoms. The highest BCUT2D eigenvalue weighted by Crippen LogP contribution is 2.29. The van der Waals surface area contributed by atoms with Crippen LogP contribution in [0.2, 0.25) is 0 Å². The monoisotopic (exact) mass is 222 g/mol. The molecule has 1 rings (SSSR count). The molecular formula is C9H6ClF3O. The summed E-state index contributed by atoms with van der Waals surface area (Å²) < 4.78 is 40.9. The number of hydrogen-bond donors (Lipinski definition) is 0. The minimum Gasteiger partial charge on any atom is -0.347 e. The second kappa shape index (κ2) is 4.66. The predicted octanol–water partition coefficient (Wildman–Crippen LogP) is 3.46. The number of benzene rings is 1. The van der Waals surface area contributed by atoms with Gasteiger partial charge in [0.1, 0.15) is 0 Å². The average Bonchev–Trinajstić information content (AvgIpc) is 2.14. The molecule has 1 aromatic carbocycles. The summed E-state index contributed by atoms with van der Waals surface area (Å²) in [6.45, 7) is 0.113. The lowest BCUT2D eigenvalue weighted by Gasteiger charge is -2.06. The quantitative estimate of drug-likeness (QED) is 0.761. The fourth-order valence-electron chi connectivity index (χ4n) is 0.901. The van der Waals surface area contributed by atoms with Crippen molar-refractivity contribution in [2.45, 2.75) is 12.8 Å². The van der Waals surface area contributed by atoms with Gasteiger partial charge in [-0.25, -0.2) is 0 Å². The van der Waals surface area contributed by atoms with E-state index in [1.54, 1.807) is 0 Å². The van der Waals surface area contributed by atoms with Crippen LogP contribution >= 0.6 is 11.6 Å². The first-order valence-electron chi connectivity index (χ1n) is 3.67. The molecule has 0 N–H and O–H groups in total. The van der Waals surface area contributed by atoms with Crippen LogP contribution in [-0.2, 0) is 17.5 Å².